The quantitative estimate of drug-likeness (QED) is 0.488. The Morgan fingerprint density at radius 2 is 1.75 bits per heavy atom. The molecular formula is C7H15N3O2. The molecule has 0 aromatic heterocycles. The highest BCUT2D eigenvalue weighted by atomic mass is 16.2. The zero-order valence-electron chi connectivity index (χ0n) is 7.55. The molecule has 2 amide bonds. The van der Waals surface area contributed by atoms with Gasteiger partial charge in [-0.3, -0.25) is 14.9 Å². The number of amides is 2. The maximum atomic E-state index is 10.9. The van der Waals surface area contributed by atoms with Crippen molar-refractivity contribution in [1.82, 2.24) is 10.6 Å². The number of carbonyl (C=O) groups is 2. The molecule has 12 heavy (non-hydrogen) atoms. The molecule has 5 heteroatoms. The van der Waals surface area contributed by atoms with Gasteiger partial charge in [0.25, 0.3) is 0 Å². The van der Waals surface area contributed by atoms with Crippen molar-refractivity contribution >= 4 is 11.8 Å². The van der Waals surface area contributed by atoms with Gasteiger partial charge < -0.3 is 11.1 Å². The van der Waals surface area contributed by atoms with E-state index >= 15 is 0 Å². The predicted octanol–water partition coefficient (Wildman–Crippen LogP) is -1.42. The van der Waals surface area contributed by atoms with Gasteiger partial charge in [-0.05, 0) is 13.8 Å². The normalized spacial score (nSPS) is 14.9. The lowest BCUT2D eigenvalue weighted by Crippen LogP contribution is -2.49. The molecule has 0 bridgehead atoms. The zero-order chi connectivity index (χ0) is 9.72. The second kappa shape index (κ2) is 4.71. The lowest BCUT2D eigenvalue weighted by Gasteiger charge is -2.15. The van der Waals surface area contributed by atoms with Crippen molar-refractivity contribution < 1.29 is 9.59 Å². The molecule has 5 nitrogen and oxygen atoms in total. The van der Waals surface area contributed by atoms with E-state index in [-0.39, 0.29) is 5.91 Å². The van der Waals surface area contributed by atoms with E-state index in [1.165, 1.54) is 7.05 Å². The van der Waals surface area contributed by atoms with Gasteiger partial charge in [0.05, 0.1) is 12.1 Å². The second-order valence-corrected chi connectivity index (χ2v) is 2.63. The summed E-state index contributed by atoms with van der Waals surface area (Å²) < 4.78 is 0. The molecule has 0 fully saturated rings. The molecule has 0 aliphatic carbocycles. The Bertz CT molecular complexity index is 181. The molecular weight excluding hydrogens is 158 g/mol. The molecule has 2 unspecified atom stereocenters. The van der Waals surface area contributed by atoms with E-state index in [0.717, 1.165) is 0 Å². The third-order valence-electron chi connectivity index (χ3n) is 1.57. The fourth-order valence-corrected chi connectivity index (χ4v) is 0.749. The molecule has 70 valence electrons. The Hall–Kier alpha value is -1.10. The van der Waals surface area contributed by atoms with E-state index in [2.05, 4.69) is 10.6 Å². The molecule has 0 saturated carbocycles. The Morgan fingerprint density at radius 3 is 2.08 bits per heavy atom. The van der Waals surface area contributed by atoms with Gasteiger partial charge in [0, 0.05) is 7.05 Å². The van der Waals surface area contributed by atoms with Crippen LogP contribution >= 0.6 is 0 Å². The summed E-state index contributed by atoms with van der Waals surface area (Å²) in [6.45, 7) is 3.28. The molecule has 4 N–H and O–H groups in total. The number of nitrogens with two attached hydrogens (primary N) is 1. The van der Waals surface area contributed by atoms with Crippen LogP contribution in [-0.2, 0) is 9.59 Å². The number of nitrogens with one attached hydrogen (secondary N) is 2. The topological polar surface area (TPSA) is 84.2 Å². The molecule has 0 saturated heterocycles. The van der Waals surface area contributed by atoms with Crippen molar-refractivity contribution in [3.8, 4) is 0 Å². The number of rotatable bonds is 4. The SMILES string of the molecule is CNC(=O)C(C)NC(C)C(N)=O. The minimum Gasteiger partial charge on any atom is -0.368 e. The first-order valence-corrected chi connectivity index (χ1v) is 3.76. The van der Waals surface area contributed by atoms with Gasteiger partial charge >= 0.3 is 0 Å². The predicted molar refractivity (Wildman–Crippen MR) is 45.3 cm³/mol. The summed E-state index contributed by atoms with van der Waals surface area (Å²) in [7, 11) is 1.54. The van der Waals surface area contributed by atoms with E-state index in [9.17, 15) is 9.59 Å². The van der Waals surface area contributed by atoms with Crippen LogP contribution in [0.3, 0.4) is 0 Å². The van der Waals surface area contributed by atoms with Crippen LogP contribution in [0.1, 0.15) is 13.8 Å². The Morgan fingerprint density at radius 1 is 1.25 bits per heavy atom. The Labute approximate surface area is 71.7 Å². The summed E-state index contributed by atoms with van der Waals surface area (Å²) in [5.74, 6) is -0.631. The minimum atomic E-state index is -0.489. The van der Waals surface area contributed by atoms with Crippen LogP contribution in [0, 0.1) is 0 Å². The minimum absolute atomic E-state index is 0.164. The van der Waals surface area contributed by atoms with E-state index in [4.69, 9.17) is 5.73 Å². The maximum absolute atomic E-state index is 10.9. The zero-order valence-corrected chi connectivity index (χ0v) is 7.55. The van der Waals surface area contributed by atoms with Crippen molar-refractivity contribution in [2.45, 2.75) is 25.9 Å². The average molecular weight is 173 g/mol. The van der Waals surface area contributed by atoms with Crippen LogP contribution in [-0.4, -0.2) is 30.9 Å². The molecule has 2 atom stereocenters. The first kappa shape index (κ1) is 10.9. The van der Waals surface area contributed by atoms with Crippen LogP contribution < -0.4 is 16.4 Å². The van der Waals surface area contributed by atoms with Crippen LogP contribution in [0.2, 0.25) is 0 Å². The first-order chi connectivity index (χ1) is 5.49. The monoisotopic (exact) mass is 173 g/mol. The van der Waals surface area contributed by atoms with Crippen LogP contribution in [0.15, 0.2) is 0 Å². The van der Waals surface area contributed by atoms with Gasteiger partial charge in [0.1, 0.15) is 0 Å². The number of carbonyl (C=O) groups excluding carboxylic acids is 2. The highest BCUT2D eigenvalue weighted by Gasteiger charge is 2.16. The van der Waals surface area contributed by atoms with Crippen molar-refractivity contribution in [2.75, 3.05) is 7.05 Å². The smallest absolute Gasteiger partial charge is 0.236 e. The van der Waals surface area contributed by atoms with E-state index in [0.29, 0.717) is 0 Å². The summed E-state index contributed by atoms with van der Waals surface area (Å²) in [6, 6.07) is -0.894. The largest absolute Gasteiger partial charge is 0.368 e. The molecule has 0 spiro atoms. The number of hydrogen-bond acceptors (Lipinski definition) is 3. The Balaban J connectivity index is 3.91. The first-order valence-electron chi connectivity index (χ1n) is 3.76. The molecule has 0 aliphatic rings. The van der Waals surface area contributed by atoms with Crippen LogP contribution in [0.4, 0.5) is 0 Å². The van der Waals surface area contributed by atoms with Crippen LogP contribution in [0.5, 0.6) is 0 Å². The van der Waals surface area contributed by atoms with E-state index < -0.39 is 18.0 Å². The van der Waals surface area contributed by atoms with Gasteiger partial charge in [-0.2, -0.15) is 0 Å². The molecule has 0 rings (SSSR count). The van der Waals surface area contributed by atoms with E-state index in [1.807, 2.05) is 0 Å². The lowest BCUT2D eigenvalue weighted by molar-refractivity contribution is -0.123. The lowest BCUT2D eigenvalue weighted by atomic mass is 10.2. The summed E-state index contributed by atoms with van der Waals surface area (Å²) >= 11 is 0. The van der Waals surface area contributed by atoms with Crippen molar-refractivity contribution in [1.29, 1.82) is 0 Å². The van der Waals surface area contributed by atoms with Gasteiger partial charge in [0.15, 0.2) is 0 Å². The highest BCUT2D eigenvalue weighted by molar-refractivity contribution is 5.83. The fraction of sp³-hybridized carbons (Fsp3) is 0.714. The fourth-order valence-electron chi connectivity index (χ4n) is 0.749. The van der Waals surface area contributed by atoms with Crippen LogP contribution in [0.25, 0.3) is 0 Å². The molecule has 0 radical (unpaired) electrons. The summed E-state index contributed by atoms with van der Waals surface area (Å²) in [4.78, 5) is 21.5. The molecule has 0 aromatic rings. The summed E-state index contributed by atoms with van der Waals surface area (Å²) in [5, 5.41) is 5.20. The highest BCUT2D eigenvalue weighted by Crippen LogP contribution is 1.86. The molecule has 0 aromatic carbocycles. The van der Waals surface area contributed by atoms with Crippen molar-refractivity contribution in [3.63, 3.8) is 0 Å². The second-order valence-electron chi connectivity index (χ2n) is 2.63. The Kier molecular flexibility index (Phi) is 4.28. The molecule has 0 aliphatic heterocycles. The maximum Gasteiger partial charge on any atom is 0.236 e. The van der Waals surface area contributed by atoms with Gasteiger partial charge in [-0.15, -0.1) is 0 Å². The average Bonchev–Trinajstić information content (AvgIpc) is 2.02. The molecule has 0 heterocycles. The van der Waals surface area contributed by atoms with Gasteiger partial charge in [-0.25, -0.2) is 0 Å². The summed E-state index contributed by atoms with van der Waals surface area (Å²) in [5.41, 5.74) is 4.99. The summed E-state index contributed by atoms with van der Waals surface area (Å²) in [6.07, 6.45) is 0. The van der Waals surface area contributed by atoms with Crippen molar-refractivity contribution in [2.24, 2.45) is 5.73 Å². The third kappa shape index (κ3) is 3.34. The van der Waals surface area contributed by atoms with Gasteiger partial charge in [-0.1, -0.05) is 0 Å². The number of likely N-dealkylation sites (N-methyl/N-ethyl adjacent to an activating group) is 1. The van der Waals surface area contributed by atoms with E-state index in [1.54, 1.807) is 13.8 Å². The standard InChI is InChI=1S/C7H15N3O2/c1-4(6(8)11)10-5(2)7(12)9-3/h4-5,10H,1-3H3,(H2,8,11)(H,9,12). The van der Waals surface area contributed by atoms with Gasteiger partial charge in [0.2, 0.25) is 11.8 Å². The number of primary amides is 1. The van der Waals surface area contributed by atoms with Crippen molar-refractivity contribution in [3.05, 3.63) is 0 Å². The third-order valence-corrected chi connectivity index (χ3v) is 1.57. The number of hydrogen-bond donors (Lipinski definition) is 3.